The Morgan fingerprint density at radius 3 is 1.35 bits per heavy atom. The Morgan fingerprint density at radius 2 is 0.957 bits per heavy atom. The van der Waals surface area contributed by atoms with Gasteiger partial charge in [0.2, 0.25) is 0 Å². The zero-order chi connectivity index (χ0) is 16.1. The molecule has 0 saturated heterocycles. The molecule has 23 heavy (non-hydrogen) atoms. The summed E-state index contributed by atoms with van der Waals surface area (Å²) in [6.07, 6.45) is 0. The first-order chi connectivity index (χ1) is 11.3. The van der Waals surface area contributed by atoms with Crippen molar-refractivity contribution in [3.8, 4) is 0 Å². The van der Waals surface area contributed by atoms with Gasteiger partial charge >= 0.3 is 0 Å². The Morgan fingerprint density at radius 1 is 0.565 bits per heavy atom. The molecule has 0 unspecified atom stereocenters. The van der Waals surface area contributed by atoms with Gasteiger partial charge in [-0.2, -0.15) is 0 Å². The summed E-state index contributed by atoms with van der Waals surface area (Å²) in [5, 5.41) is 2.91. The van der Waals surface area contributed by atoms with Crippen molar-refractivity contribution >= 4 is 18.5 Å². The zero-order valence-electron chi connectivity index (χ0n) is 13.8. The summed E-state index contributed by atoms with van der Waals surface area (Å²) in [5.41, 5.74) is 1.97. The number of hydrogen-bond acceptors (Lipinski definition) is 0. The second-order valence-electron chi connectivity index (χ2n) is 6.14. The highest BCUT2D eigenvalue weighted by Gasteiger charge is 2.28. The van der Waals surface area contributed by atoms with Crippen molar-refractivity contribution < 1.29 is 0 Å². The van der Waals surface area contributed by atoms with Gasteiger partial charge in [-0.25, -0.2) is 0 Å². The van der Waals surface area contributed by atoms with Gasteiger partial charge in [0.25, 0.3) is 0 Å². The molecule has 0 N–H and O–H groups in total. The molecule has 0 bridgehead atoms. The summed E-state index contributed by atoms with van der Waals surface area (Å²) in [4.78, 5) is 0. The molecule has 3 rings (SSSR count). The van der Waals surface area contributed by atoms with Crippen LogP contribution in [0.3, 0.4) is 0 Å². The second-order valence-corrected chi connectivity index (χ2v) is 8.47. The summed E-state index contributed by atoms with van der Waals surface area (Å²) in [6, 6.07) is 33.0. The van der Waals surface area contributed by atoms with E-state index in [1.807, 2.05) is 0 Å². The average molecular weight is 318 g/mol. The molecule has 116 valence electrons. The van der Waals surface area contributed by atoms with E-state index in [0.717, 1.165) is 0 Å². The lowest BCUT2D eigenvalue weighted by Gasteiger charge is -2.32. The van der Waals surface area contributed by atoms with Crippen LogP contribution in [0.5, 0.6) is 0 Å². The Hall–Kier alpha value is -1.91. The van der Waals surface area contributed by atoms with E-state index in [4.69, 9.17) is 0 Å². The van der Waals surface area contributed by atoms with E-state index >= 15 is 0 Å². The molecule has 3 aromatic rings. The van der Waals surface area contributed by atoms with Gasteiger partial charge in [-0.3, -0.25) is 0 Å². The van der Waals surface area contributed by atoms with E-state index in [9.17, 15) is 0 Å². The molecule has 0 heterocycles. The Bertz CT molecular complexity index is 665. The molecule has 0 fully saturated rings. The monoisotopic (exact) mass is 318 g/mol. The SMILES string of the molecule is CC(C)[C@H](c1ccccc1)P(c1ccccc1)c1ccccc1. The minimum atomic E-state index is -0.430. The van der Waals surface area contributed by atoms with Gasteiger partial charge in [-0.1, -0.05) is 105 Å². The number of rotatable bonds is 5. The van der Waals surface area contributed by atoms with Crippen LogP contribution in [0.4, 0.5) is 0 Å². The third kappa shape index (κ3) is 3.71. The van der Waals surface area contributed by atoms with Gasteiger partial charge in [0, 0.05) is 5.66 Å². The molecule has 0 aliphatic heterocycles. The summed E-state index contributed by atoms with van der Waals surface area (Å²) >= 11 is 0. The lowest BCUT2D eigenvalue weighted by Crippen LogP contribution is -2.20. The number of benzene rings is 3. The molecule has 0 aromatic heterocycles. The van der Waals surface area contributed by atoms with E-state index in [1.54, 1.807) is 0 Å². The predicted octanol–water partition coefficient (Wildman–Crippen LogP) is 5.52. The highest BCUT2D eigenvalue weighted by atomic mass is 31.1. The van der Waals surface area contributed by atoms with E-state index < -0.39 is 7.92 Å². The second kappa shape index (κ2) is 7.57. The van der Waals surface area contributed by atoms with Crippen molar-refractivity contribution in [3.63, 3.8) is 0 Å². The Labute approximate surface area is 141 Å². The zero-order valence-corrected chi connectivity index (χ0v) is 14.7. The first-order valence-corrected chi connectivity index (χ1v) is 9.62. The van der Waals surface area contributed by atoms with Crippen LogP contribution in [0.25, 0.3) is 0 Å². The van der Waals surface area contributed by atoms with Gasteiger partial charge in [0.1, 0.15) is 0 Å². The molecule has 0 nitrogen and oxygen atoms in total. The maximum atomic E-state index is 2.35. The van der Waals surface area contributed by atoms with E-state index in [0.29, 0.717) is 11.6 Å². The molecule has 0 aliphatic carbocycles. The van der Waals surface area contributed by atoms with Crippen LogP contribution < -0.4 is 10.6 Å². The maximum Gasteiger partial charge on any atom is 0.0145 e. The van der Waals surface area contributed by atoms with E-state index in [2.05, 4.69) is 105 Å². The minimum absolute atomic E-state index is 0.430. The number of hydrogen-bond donors (Lipinski definition) is 0. The van der Waals surface area contributed by atoms with Gasteiger partial charge in [-0.05, 0) is 30.0 Å². The molecular formula is C22H23P. The lowest BCUT2D eigenvalue weighted by molar-refractivity contribution is 0.627. The van der Waals surface area contributed by atoms with Crippen molar-refractivity contribution in [2.45, 2.75) is 19.5 Å². The molecule has 0 spiro atoms. The third-order valence-corrected chi connectivity index (χ3v) is 7.28. The van der Waals surface area contributed by atoms with Crippen molar-refractivity contribution in [1.29, 1.82) is 0 Å². The fourth-order valence-corrected chi connectivity index (χ4v) is 6.12. The molecular weight excluding hydrogens is 295 g/mol. The predicted molar refractivity (Wildman–Crippen MR) is 103 cm³/mol. The largest absolute Gasteiger partial charge is 0.0622 e. The van der Waals surface area contributed by atoms with Gasteiger partial charge in [-0.15, -0.1) is 0 Å². The summed E-state index contributed by atoms with van der Waals surface area (Å²) in [6.45, 7) is 4.69. The first kappa shape index (κ1) is 16.0. The lowest BCUT2D eigenvalue weighted by atomic mass is 10.0. The Balaban J connectivity index is 2.13. The van der Waals surface area contributed by atoms with Crippen molar-refractivity contribution in [1.82, 2.24) is 0 Å². The highest BCUT2D eigenvalue weighted by molar-refractivity contribution is 7.73. The molecule has 1 atom stereocenters. The average Bonchev–Trinajstić information content (AvgIpc) is 2.61. The normalized spacial score (nSPS) is 12.5. The van der Waals surface area contributed by atoms with Crippen LogP contribution in [-0.4, -0.2) is 0 Å². The van der Waals surface area contributed by atoms with Crippen LogP contribution >= 0.6 is 7.92 Å². The first-order valence-electron chi connectivity index (χ1n) is 8.21. The minimum Gasteiger partial charge on any atom is -0.0622 e. The van der Waals surface area contributed by atoms with Crippen LogP contribution in [0.2, 0.25) is 0 Å². The van der Waals surface area contributed by atoms with Crippen LogP contribution in [0.15, 0.2) is 91.0 Å². The fourth-order valence-electron chi connectivity index (χ4n) is 3.13. The Kier molecular flexibility index (Phi) is 5.26. The standard InChI is InChI=1S/C22H23P/c1-18(2)22(19-12-6-3-7-13-19)23(20-14-8-4-9-15-20)21-16-10-5-11-17-21/h3-18,22H,1-2H3/t22-/m1/s1. The maximum absolute atomic E-state index is 2.35. The smallest absolute Gasteiger partial charge is 0.0145 e. The molecule has 0 saturated carbocycles. The molecule has 0 amide bonds. The molecule has 0 aliphatic rings. The van der Waals surface area contributed by atoms with Gasteiger partial charge < -0.3 is 0 Å². The summed E-state index contributed by atoms with van der Waals surface area (Å²) < 4.78 is 0. The fraction of sp³-hybridized carbons (Fsp3) is 0.182. The van der Waals surface area contributed by atoms with Crippen LogP contribution in [0.1, 0.15) is 25.1 Å². The topological polar surface area (TPSA) is 0 Å². The third-order valence-electron chi connectivity index (χ3n) is 4.12. The van der Waals surface area contributed by atoms with Gasteiger partial charge in [0.05, 0.1) is 0 Å². The summed E-state index contributed by atoms with van der Waals surface area (Å²) in [5.74, 6) is 0.587. The van der Waals surface area contributed by atoms with Crippen molar-refractivity contribution in [2.75, 3.05) is 0 Å². The van der Waals surface area contributed by atoms with Gasteiger partial charge in [0.15, 0.2) is 0 Å². The molecule has 0 radical (unpaired) electrons. The van der Waals surface area contributed by atoms with Crippen LogP contribution in [-0.2, 0) is 0 Å². The quantitative estimate of drug-likeness (QED) is 0.544. The molecule has 3 aromatic carbocycles. The van der Waals surface area contributed by atoms with Crippen molar-refractivity contribution in [2.24, 2.45) is 5.92 Å². The van der Waals surface area contributed by atoms with E-state index in [1.165, 1.54) is 16.2 Å². The van der Waals surface area contributed by atoms with Crippen LogP contribution in [0, 0.1) is 5.92 Å². The highest BCUT2D eigenvalue weighted by Crippen LogP contribution is 2.53. The van der Waals surface area contributed by atoms with E-state index in [-0.39, 0.29) is 0 Å². The summed E-state index contributed by atoms with van der Waals surface area (Å²) in [7, 11) is -0.430. The molecule has 1 heteroatoms. The van der Waals surface area contributed by atoms with Crippen molar-refractivity contribution in [3.05, 3.63) is 96.6 Å².